The summed E-state index contributed by atoms with van der Waals surface area (Å²) >= 11 is 0. The van der Waals surface area contributed by atoms with Gasteiger partial charge in [0, 0.05) is 0 Å². The Morgan fingerprint density at radius 2 is 1.69 bits per heavy atom. The maximum absolute atomic E-state index is 9.25. The summed E-state index contributed by atoms with van der Waals surface area (Å²) in [6, 6.07) is 7.64. The molecule has 0 aliphatic rings. The monoisotopic (exact) mass is 220 g/mol. The quantitative estimate of drug-likeness (QED) is 0.688. The Balaban J connectivity index is 2.49. The number of rotatable bonds is 6. The summed E-state index contributed by atoms with van der Waals surface area (Å²) in [6.07, 6.45) is 5.27. The van der Waals surface area contributed by atoms with Crippen LogP contribution < -0.4 is 0 Å². The van der Waals surface area contributed by atoms with Crippen molar-refractivity contribution < 1.29 is 5.11 Å². The lowest BCUT2D eigenvalue weighted by Crippen LogP contribution is -2.06. The molecule has 2 unspecified atom stereocenters. The Kier molecular flexibility index (Phi) is 5.37. The lowest BCUT2D eigenvalue weighted by Gasteiger charge is -2.20. The molecule has 0 saturated carbocycles. The normalized spacial score (nSPS) is 14.7. The van der Waals surface area contributed by atoms with Gasteiger partial charge in [0.05, 0.1) is 0 Å². The van der Waals surface area contributed by atoms with Crippen molar-refractivity contribution in [2.75, 3.05) is 0 Å². The van der Waals surface area contributed by atoms with Crippen molar-refractivity contribution in [1.29, 1.82) is 0 Å². The van der Waals surface area contributed by atoms with Crippen LogP contribution in [0.4, 0.5) is 0 Å². The zero-order valence-corrected chi connectivity index (χ0v) is 10.7. The Morgan fingerprint density at radius 3 is 2.25 bits per heavy atom. The van der Waals surface area contributed by atoms with E-state index in [2.05, 4.69) is 20.8 Å². The molecule has 0 aromatic heterocycles. The predicted octanol–water partition coefficient (Wildman–Crippen LogP) is 4.71. The standard InChI is InChI=1S/C15H24O/c1-4-5-6-7-12(2)13(3)14-8-10-15(16)11-9-14/h8-13,16H,4-7H2,1-3H3. The van der Waals surface area contributed by atoms with E-state index >= 15 is 0 Å². The van der Waals surface area contributed by atoms with Crippen molar-refractivity contribution in [1.82, 2.24) is 0 Å². The Hall–Kier alpha value is -0.980. The van der Waals surface area contributed by atoms with Crippen LogP contribution in [-0.2, 0) is 0 Å². The summed E-state index contributed by atoms with van der Waals surface area (Å²) < 4.78 is 0. The molecule has 0 radical (unpaired) electrons. The molecule has 0 amide bonds. The smallest absolute Gasteiger partial charge is 0.115 e. The highest BCUT2D eigenvalue weighted by Crippen LogP contribution is 2.28. The Morgan fingerprint density at radius 1 is 1.06 bits per heavy atom. The van der Waals surface area contributed by atoms with Crippen LogP contribution in [-0.4, -0.2) is 5.11 Å². The van der Waals surface area contributed by atoms with E-state index in [1.165, 1.54) is 31.2 Å². The molecule has 1 heteroatoms. The average Bonchev–Trinajstić information content (AvgIpc) is 2.29. The van der Waals surface area contributed by atoms with Crippen molar-refractivity contribution in [2.24, 2.45) is 5.92 Å². The van der Waals surface area contributed by atoms with Gasteiger partial charge >= 0.3 is 0 Å². The number of aromatic hydroxyl groups is 1. The summed E-state index contributed by atoms with van der Waals surface area (Å²) in [5.74, 6) is 1.66. The summed E-state index contributed by atoms with van der Waals surface area (Å²) in [5.41, 5.74) is 1.33. The molecule has 1 aromatic carbocycles. The fraction of sp³-hybridized carbons (Fsp3) is 0.600. The maximum Gasteiger partial charge on any atom is 0.115 e. The maximum atomic E-state index is 9.25. The van der Waals surface area contributed by atoms with E-state index in [1.54, 1.807) is 12.1 Å². The van der Waals surface area contributed by atoms with Crippen molar-refractivity contribution in [3.05, 3.63) is 29.8 Å². The van der Waals surface area contributed by atoms with Crippen molar-refractivity contribution in [2.45, 2.75) is 52.4 Å². The number of hydrogen-bond donors (Lipinski definition) is 1. The van der Waals surface area contributed by atoms with E-state index in [4.69, 9.17) is 0 Å². The minimum Gasteiger partial charge on any atom is -0.508 e. The third kappa shape index (κ3) is 3.88. The number of phenols is 1. The SMILES string of the molecule is CCCCCC(C)C(C)c1ccc(O)cc1. The largest absolute Gasteiger partial charge is 0.508 e. The van der Waals surface area contributed by atoms with Crippen LogP contribution >= 0.6 is 0 Å². The van der Waals surface area contributed by atoms with E-state index in [9.17, 15) is 5.11 Å². The lowest BCUT2D eigenvalue weighted by atomic mass is 9.85. The van der Waals surface area contributed by atoms with Gasteiger partial charge < -0.3 is 5.11 Å². The highest BCUT2D eigenvalue weighted by atomic mass is 16.3. The fourth-order valence-corrected chi connectivity index (χ4v) is 2.07. The molecular formula is C15H24O. The molecule has 1 N–H and O–H groups in total. The summed E-state index contributed by atoms with van der Waals surface area (Å²) in [5, 5.41) is 9.25. The molecule has 16 heavy (non-hydrogen) atoms. The van der Waals surface area contributed by atoms with Gasteiger partial charge in [-0.1, -0.05) is 58.6 Å². The molecule has 0 saturated heterocycles. The molecule has 0 spiro atoms. The number of phenolic OH excluding ortho intramolecular Hbond substituents is 1. The van der Waals surface area contributed by atoms with Crippen LogP contribution in [0.5, 0.6) is 5.75 Å². The molecule has 1 rings (SSSR count). The van der Waals surface area contributed by atoms with Gasteiger partial charge in [0.15, 0.2) is 0 Å². The van der Waals surface area contributed by atoms with Gasteiger partial charge in [0.1, 0.15) is 5.75 Å². The van der Waals surface area contributed by atoms with Gasteiger partial charge in [-0.15, -0.1) is 0 Å². The highest BCUT2D eigenvalue weighted by Gasteiger charge is 2.13. The third-order valence-electron chi connectivity index (χ3n) is 3.54. The van der Waals surface area contributed by atoms with Gasteiger partial charge in [0.2, 0.25) is 0 Å². The first kappa shape index (κ1) is 13.1. The van der Waals surface area contributed by atoms with E-state index in [1.807, 2.05) is 12.1 Å². The molecule has 1 nitrogen and oxygen atoms in total. The fourth-order valence-electron chi connectivity index (χ4n) is 2.07. The average molecular weight is 220 g/mol. The van der Waals surface area contributed by atoms with Crippen LogP contribution in [0.15, 0.2) is 24.3 Å². The molecule has 1 aromatic rings. The van der Waals surface area contributed by atoms with E-state index < -0.39 is 0 Å². The van der Waals surface area contributed by atoms with Crippen LogP contribution in [0.3, 0.4) is 0 Å². The van der Waals surface area contributed by atoms with Gasteiger partial charge in [-0.2, -0.15) is 0 Å². The van der Waals surface area contributed by atoms with Crippen molar-refractivity contribution in [3.63, 3.8) is 0 Å². The summed E-state index contributed by atoms with van der Waals surface area (Å²) in [6.45, 7) is 6.85. The van der Waals surface area contributed by atoms with Gasteiger partial charge in [0.25, 0.3) is 0 Å². The Bertz CT molecular complexity index is 289. The topological polar surface area (TPSA) is 20.2 Å². The molecule has 0 aliphatic carbocycles. The van der Waals surface area contributed by atoms with Gasteiger partial charge in [-0.05, 0) is 29.5 Å². The predicted molar refractivity (Wildman–Crippen MR) is 69.8 cm³/mol. The molecule has 0 bridgehead atoms. The highest BCUT2D eigenvalue weighted by molar-refractivity contribution is 5.28. The van der Waals surface area contributed by atoms with E-state index in [-0.39, 0.29) is 0 Å². The van der Waals surface area contributed by atoms with Crippen LogP contribution in [0.1, 0.15) is 57.9 Å². The molecule has 0 aliphatic heterocycles. The van der Waals surface area contributed by atoms with Crippen LogP contribution in [0.25, 0.3) is 0 Å². The first-order chi connectivity index (χ1) is 7.65. The first-order valence-corrected chi connectivity index (χ1v) is 6.44. The molecule has 0 fully saturated rings. The molecule has 0 heterocycles. The molecule has 2 atom stereocenters. The number of unbranched alkanes of at least 4 members (excludes halogenated alkanes) is 2. The third-order valence-corrected chi connectivity index (χ3v) is 3.54. The first-order valence-electron chi connectivity index (χ1n) is 6.44. The zero-order valence-electron chi connectivity index (χ0n) is 10.7. The minimum atomic E-state index is 0.356. The second-order valence-corrected chi connectivity index (χ2v) is 4.85. The zero-order chi connectivity index (χ0) is 12.0. The van der Waals surface area contributed by atoms with E-state index in [0.29, 0.717) is 11.7 Å². The second-order valence-electron chi connectivity index (χ2n) is 4.85. The van der Waals surface area contributed by atoms with Crippen molar-refractivity contribution in [3.8, 4) is 5.75 Å². The van der Waals surface area contributed by atoms with Crippen LogP contribution in [0.2, 0.25) is 0 Å². The van der Waals surface area contributed by atoms with Gasteiger partial charge in [-0.25, -0.2) is 0 Å². The summed E-state index contributed by atoms with van der Waals surface area (Å²) in [7, 11) is 0. The Labute approximate surface area is 99.5 Å². The minimum absolute atomic E-state index is 0.356. The van der Waals surface area contributed by atoms with Crippen molar-refractivity contribution >= 4 is 0 Å². The lowest BCUT2D eigenvalue weighted by molar-refractivity contribution is 0.429. The second kappa shape index (κ2) is 6.57. The number of hydrogen-bond acceptors (Lipinski definition) is 1. The number of benzene rings is 1. The van der Waals surface area contributed by atoms with Gasteiger partial charge in [-0.3, -0.25) is 0 Å². The van der Waals surface area contributed by atoms with E-state index in [0.717, 1.165) is 5.92 Å². The van der Waals surface area contributed by atoms with Crippen LogP contribution in [0, 0.1) is 5.92 Å². The molecule has 90 valence electrons. The summed E-state index contributed by atoms with van der Waals surface area (Å²) in [4.78, 5) is 0. The molecular weight excluding hydrogens is 196 g/mol.